The van der Waals surface area contributed by atoms with E-state index in [1.807, 2.05) is 0 Å². The lowest BCUT2D eigenvalue weighted by Gasteiger charge is -2.14. The number of benzene rings is 2. The lowest BCUT2D eigenvalue weighted by atomic mass is 10.1. The molecule has 0 aliphatic carbocycles. The average molecular weight is 389 g/mol. The molecule has 3 aromatic rings. The van der Waals surface area contributed by atoms with Gasteiger partial charge in [0, 0.05) is 16.1 Å². The van der Waals surface area contributed by atoms with Gasteiger partial charge in [-0.2, -0.15) is 0 Å². The van der Waals surface area contributed by atoms with E-state index in [1.54, 1.807) is 48.5 Å². The van der Waals surface area contributed by atoms with Gasteiger partial charge < -0.3 is 10.1 Å². The average Bonchev–Trinajstić information content (AvgIpc) is 2.62. The van der Waals surface area contributed by atoms with E-state index in [-0.39, 0.29) is 10.7 Å². The van der Waals surface area contributed by atoms with E-state index in [0.717, 1.165) is 0 Å². The third kappa shape index (κ3) is 4.12. The van der Waals surface area contributed by atoms with Crippen LogP contribution in [0.1, 0.15) is 17.3 Å². The first-order valence-electron chi connectivity index (χ1n) is 7.77. The number of esters is 1. The summed E-state index contributed by atoms with van der Waals surface area (Å²) in [6.07, 6.45) is -0.996. The van der Waals surface area contributed by atoms with E-state index in [1.165, 1.54) is 13.0 Å². The predicted octanol–water partition coefficient (Wildman–Crippen LogP) is 4.73. The minimum Gasteiger partial charge on any atom is -0.449 e. The lowest BCUT2D eigenvalue weighted by Crippen LogP contribution is -2.30. The van der Waals surface area contributed by atoms with Crippen LogP contribution in [0.5, 0.6) is 0 Å². The van der Waals surface area contributed by atoms with Crippen LogP contribution in [-0.4, -0.2) is 23.0 Å². The Kier molecular flexibility index (Phi) is 5.40. The highest BCUT2D eigenvalue weighted by molar-refractivity contribution is 6.31. The minimum atomic E-state index is -0.996. The van der Waals surface area contributed by atoms with Crippen molar-refractivity contribution in [1.82, 2.24) is 4.98 Å². The number of halogens is 2. The van der Waals surface area contributed by atoms with Gasteiger partial charge in [-0.1, -0.05) is 41.4 Å². The van der Waals surface area contributed by atoms with Crippen LogP contribution in [0.2, 0.25) is 10.2 Å². The number of amides is 1. The summed E-state index contributed by atoms with van der Waals surface area (Å²) >= 11 is 11.8. The van der Waals surface area contributed by atoms with Gasteiger partial charge in [-0.15, -0.1) is 0 Å². The molecule has 0 saturated heterocycles. The number of nitrogens with one attached hydrogen (secondary N) is 1. The number of hydrogen-bond donors (Lipinski definition) is 1. The lowest BCUT2D eigenvalue weighted by molar-refractivity contribution is -0.123. The molecule has 0 saturated carbocycles. The Morgan fingerprint density at radius 3 is 2.50 bits per heavy atom. The van der Waals surface area contributed by atoms with Crippen molar-refractivity contribution in [3.8, 4) is 0 Å². The van der Waals surface area contributed by atoms with Gasteiger partial charge >= 0.3 is 5.97 Å². The molecule has 1 atom stereocenters. The van der Waals surface area contributed by atoms with Gasteiger partial charge in [0.2, 0.25) is 0 Å². The number of anilines is 1. The molecule has 0 unspecified atom stereocenters. The van der Waals surface area contributed by atoms with Gasteiger partial charge in [-0.3, -0.25) is 4.79 Å². The first-order valence-corrected chi connectivity index (χ1v) is 8.52. The van der Waals surface area contributed by atoms with Crippen LogP contribution in [0.15, 0.2) is 54.6 Å². The molecule has 1 aromatic heterocycles. The number of pyridine rings is 1. The minimum absolute atomic E-state index is 0.175. The zero-order chi connectivity index (χ0) is 18.7. The van der Waals surface area contributed by atoms with Crippen molar-refractivity contribution in [1.29, 1.82) is 0 Å². The summed E-state index contributed by atoms with van der Waals surface area (Å²) in [5, 5.41) is 4.00. The summed E-state index contributed by atoms with van der Waals surface area (Å²) in [5.74, 6) is -1.10. The van der Waals surface area contributed by atoms with Crippen molar-refractivity contribution in [2.24, 2.45) is 0 Å². The van der Waals surface area contributed by atoms with Gasteiger partial charge in [0.05, 0.1) is 11.1 Å². The Bertz CT molecular complexity index is 974. The Labute approximate surface area is 159 Å². The number of ether oxygens (including phenoxy) is 1. The third-order valence-corrected chi connectivity index (χ3v) is 4.12. The van der Waals surface area contributed by atoms with Crippen molar-refractivity contribution in [3.05, 3.63) is 70.3 Å². The van der Waals surface area contributed by atoms with Crippen molar-refractivity contribution in [3.63, 3.8) is 0 Å². The Balaban J connectivity index is 1.75. The molecule has 7 heteroatoms. The highest BCUT2D eigenvalue weighted by Crippen LogP contribution is 2.22. The fourth-order valence-electron chi connectivity index (χ4n) is 2.37. The fraction of sp³-hybridized carbons (Fsp3) is 0.105. The maximum Gasteiger partial charge on any atom is 0.339 e. The highest BCUT2D eigenvalue weighted by atomic mass is 35.5. The van der Waals surface area contributed by atoms with Gasteiger partial charge in [0.1, 0.15) is 5.15 Å². The smallest absolute Gasteiger partial charge is 0.339 e. The molecule has 132 valence electrons. The predicted molar refractivity (Wildman–Crippen MR) is 102 cm³/mol. The monoisotopic (exact) mass is 388 g/mol. The topological polar surface area (TPSA) is 68.3 Å². The number of hydrogen-bond acceptors (Lipinski definition) is 4. The van der Waals surface area contributed by atoms with E-state index in [9.17, 15) is 9.59 Å². The number of para-hydroxylation sites is 1. The molecular formula is C19H14Cl2N2O3. The fourth-order valence-corrected chi connectivity index (χ4v) is 2.69. The van der Waals surface area contributed by atoms with Gasteiger partial charge in [-0.25, -0.2) is 9.78 Å². The molecule has 2 aromatic carbocycles. The van der Waals surface area contributed by atoms with Crippen LogP contribution in [0.3, 0.4) is 0 Å². The Hall–Kier alpha value is -2.63. The quantitative estimate of drug-likeness (QED) is 0.518. The summed E-state index contributed by atoms with van der Waals surface area (Å²) in [4.78, 5) is 28.9. The molecule has 5 nitrogen and oxygen atoms in total. The van der Waals surface area contributed by atoms with E-state index < -0.39 is 18.0 Å². The second-order valence-corrected chi connectivity index (χ2v) is 6.38. The number of carbonyl (C=O) groups excluding carboxylic acids is 2. The second kappa shape index (κ2) is 7.72. The van der Waals surface area contributed by atoms with Crippen molar-refractivity contribution >= 4 is 51.7 Å². The highest BCUT2D eigenvalue weighted by Gasteiger charge is 2.21. The molecule has 0 bridgehead atoms. The maximum atomic E-state index is 12.5. The van der Waals surface area contributed by atoms with Crippen LogP contribution in [-0.2, 0) is 9.53 Å². The van der Waals surface area contributed by atoms with Gasteiger partial charge in [-0.05, 0) is 43.3 Å². The normalized spacial score (nSPS) is 11.8. The number of rotatable bonds is 4. The molecule has 3 rings (SSSR count). The van der Waals surface area contributed by atoms with E-state index in [4.69, 9.17) is 27.9 Å². The Morgan fingerprint density at radius 1 is 1.08 bits per heavy atom. The van der Waals surface area contributed by atoms with Crippen molar-refractivity contribution < 1.29 is 14.3 Å². The van der Waals surface area contributed by atoms with Crippen molar-refractivity contribution in [2.45, 2.75) is 13.0 Å². The van der Waals surface area contributed by atoms with E-state index >= 15 is 0 Å². The van der Waals surface area contributed by atoms with Crippen LogP contribution < -0.4 is 5.32 Å². The van der Waals surface area contributed by atoms with Crippen molar-refractivity contribution in [2.75, 3.05) is 5.32 Å². The summed E-state index contributed by atoms with van der Waals surface area (Å²) in [6, 6.07) is 15.1. The molecule has 1 N–H and O–H groups in total. The molecule has 0 aliphatic heterocycles. The summed E-state index contributed by atoms with van der Waals surface area (Å²) in [7, 11) is 0. The van der Waals surface area contributed by atoms with Crippen LogP contribution >= 0.6 is 23.2 Å². The second-order valence-electron chi connectivity index (χ2n) is 5.55. The molecule has 0 aliphatic rings. The van der Waals surface area contributed by atoms with E-state index in [0.29, 0.717) is 21.6 Å². The SMILES string of the molecule is C[C@H](OC(=O)c1cc(Cl)nc2ccccc12)C(=O)Nc1ccc(Cl)cc1. The third-order valence-electron chi connectivity index (χ3n) is 3.67. The molecule has 0 spiro atoms. The molecular weight excluding hydrogens is 375 g/mol. The molecule has 1 amide bonds. The first kappa shape index (κ1) is 18.2. The largest absolute Gasteiger partial charge is 0.449 e. The number of aromatic nitrogens is 1. The summed E-state index contributed by atoms with van der Waals surface area (Å²) in [5.41, 5.74) is 1.39. The van der Waals surface area contributed by atoms with E-state index in [2.05, 4.69) is 10.3 Å². The maximum absolute atomic E-state index is 12.5. The molecule has 1 heterocycles. The number of nitrogens with zero attached hydrogens (tertiary/aromatic N) is 1. The molecule has 0 radical (unpaired) electrons. The number of carbonyl (C=O) groups is 2. The van der Waals surface area contributed by atoms with Gasteiger partial charge in [0.25, 0.3) is 5.91 Å². The summed E-state index contributed by atoms with van der Waals surface area (Å²) in [6.45, 7) is 1.49. The Morgan fingerprint density at radius 2 is 1.77 bits per heavy atom. The number of fused-ring (bicyclic) bond motifs is 1. The van der Waals surface area contributed by atoms with Gasteiger partial charge in [0.15, 0.2) is 6.10 Å². The molecule has 26 heavy (non-hydrogen) atoms. The first-order chi connectivity index (χ1) is 12.4. The van der Waals surface area contributed by atoms with Crippen LogP contribution in [0.4, 0.5) is 5.69 Å². The standard InChI is InChI=1S/C19H14Cl2N2O3/c1-11(18(24)22-13-8-6-12(20)7-9-13)26-19(25)15-10-17(21)23-16-5-3-2-4-14(15)16/h2-11H,1H3,(H,22,24)/t11-/m0/s1. The summed E-state index contributed by atoms with van der Waals surface area (Å²) < 4.78 is 5.29. The van der Waals surface area contributed by atoms with Crippen LogP contribution in [0.25, 0.3) is 10.9 Å². The molecule has 0 fully saturated rings. The van der Waals surface area contributed by atoms with Crippen LogP contribution in [0, 0.1) is 0 Å². The zero-order valence-electron chi connectivity index (χ0n) is 13.7. The zero-order valence-corrected chi connectivity index (χ0v) is 15.2.